The van der Waals surface area contributed by atoms with E-state index < -0.39 is 52.3 Å². The van der Waals surface area contributed by atoms with Gasteiger partial charge in [-0.25, -0.2) is 4.39 Å². The summed E-state index contributed by atoms with van der Waals surface area (Å²) in [6.07, 6.45) is -7.37. The molecule has 186 valence electrons. The number of nitrogens with zero attached hydrogens (tertiary/aromatic N) is 1. The van der Waals surface area contributed by atoms with Crippen LogP contribution in [0.25, 0.3) is 5.83 Å². The van der Waals surface area contributed by atoms with Gasteiger partial charge in [-0.05, 0) is 48.0 Å². The number of allylic oxidation sites excluding steroid dienone is 1. The van der Waals surface area contributed by atoms with Crippen molar-refractivity contribution in [3.8, 4) is 0 Å². The maximum absolute atomic E-state index is 14.9. The normalized spacial score (nSPS) is 13.6. The Bertz CT molecular complexity index is 1250. The first kappa shape index (κ1) is 26.9. The smallest absolute Gasteiger partial charge is 0.268 e. The van der Waals surface area contributed by atoms with Gasteiger partial charge in [0.05, 0.1) is 26.2 Å². The van der Waals surface area contributed by atoms with E-state index in [1.807, 2.05) is 0 Å². The van der Waals surface area contributed by atoms with Crippen LogP contribution in [0.15, 0.2) is 60.9 Å². The summed E-state index contributed by atoms with van der Waals surface area (Å²) in [7, 11) is 0. The number of alkyl halides is 6. The monoisotopic (exact) mass is 558 g/mol. The van der Waals surface area contributed by atoms with Gasteiger partial charge in [-0.2, -0.15) is 26.3 Å². The maximum Gasteiger partial charge on any atom is 0.417 e. The van der Waals surface area contributed by atoms with Crippen LogP contribution in [-0.4, -0.2) is 16.8 Å². The van der Waals surface area contributed by atoms with E-state index >= 15 is 0 Å². The summed E-state index contributed by atoms with van der Waals surface area (Å²) in [6, 6.07) is 6.36. The fourth-order valence-electron chi connectivity index (χ4n) is 3.09. The number of carbonyl (C=O) groups excluding carboxylic acids is 1. The third-order valence-electron chi connectivity index (χ3n) is 4.71. The lowest BCUT2D eigenvalue weighted by molar-refractivity contribution is -0.140. The fraction of sp³-hybridized carbons (Fsp3) is 0.136. The van der Waals surface area contributed by atoms with E-state index in [1.54, 1.807) is 0 Å². The van der Waals surface area contributed by atoms with Gasteiger partial charge in [0.15, 0.2) is 0 Å². The highest BCUT2D eigenvalue weighted by Gasteiger charge is 2.41. The predicted molar refractivity (Wildman–Crippen MR) is 119 cm³/mol. The van der Waals surface area contributed by atoms with Crippen LogP contribution in [0.3, 0.4) is 0 Å². The second kappa shape index (κ2) is 10.1. The summed E-state index contributed by atoms with van der Waals surface area (Å²) < 4.78 is 97.9. The highest BCUT2D eigenvalue weighted by Crippen LogP contribution is 2.42. The molecule has 0 aliphatic carbocycles. The summed E-state index contributed by atoms with van der Waals surface area (Å²) in [5, 5.41) is -0.865. The molecule has 1 aromatic heterocycles. The molecule has 0 aliphatic rings. The molecular formula is C22H12Cl3F7N2O. The van der Waals surface area contributed by atoms with E-state index in [1.165, 1.54) is 24.5 Å². The van der Waals surface area contributed by atoms with Gasteiger partial charge in [0.2, 0.25) is 0 Å². The van der Waals surface area contributed by atoms with Gasteiger partial charge in [0.1, 0.15) is 11.7 Å². The first-order valence-electron chi connectivity index (χ1n) is 9.43. The van der Waals surface area contributed by atoms with Gasteiger partial charge < -0.3 is 0 Å². The largest absolute Gasteiger partial charge is 0.417 e. The minimum atomic E-state index is -5.11. The van der Waals surface area contributed by atoms with Crippen LogP contribution in [0, 0.1) is 0 Å². The topological polar surface area (TPSA) is 34.0 Å². The number of aromatic nitrogens is 1. The standard InChI is InChI=1S/C22H12Cl3F7N2O/c23-16-8-12(9-17(24)19(16)25)14(21(27,28)29)10-18(26)11-3-4-13(15(7-11)22(30,31)32)20(35)33-34-5-1-2-6-34/h1-10,14H,(H,33,35). The van der Waals surface area contributed by atoms with Crippen molar-refractivity contribution in [2.75, 3.05) is 5.43 Å². The molecule has 0 spiro atoms. The molecule has 0 aliphatic heterocycles. The second-order valence-corrected chi connectivity index (χ2v) is 8.31. The molecular weight excluding hydrogens is 548 g/mol. The van der Waals surface area contributed by atoms with Crippen LogP contribution in [-0.2, 0) is 6.18 Å². The third-order valence-corrected chi connectivity index (χ3v) is 5.91. The highest BCUT2D eigenvalue weighted by atomic mass is 35.5. The van der Waals surface area contributed by atoms with Gasteiger partial charge in [-0.15, -0.1) is 0 Å². The molecule has 0 saturated heterocycles. The van der Waals surface area contributed by atoms with Crippen molar-refractivity contribution in [1.29, 1.82) is 0 Å². The van der Waals surface area contributed by atoms with Crippen LogP contribution in [0.1, 0.15) is 33.0 Å². The Kier molecular flexibility index (Phi) is 7.78. The predicted octanol–water partition coefficient (Wildman–Crippen LogP) is 8.51. The minimum Gasteiger partial charge on any atom is -0.268 e. The van der Waals surface area contributed by atoms with Crippen molar-refractivity contribution in [3.05, 3.63) is 98.3 Å². The first-order valence-corrected chi connectivity index (χ1v) is 10.6. The number of benzene rings is 2. The molecule has 3 aromatic rings. The lowest BCUT2D eigenvalue weighted by Crippen LogP contribution is -2.24. The van der Waals surface area contributed by atoms with Crippen LogP contribution in [0.5, 0.6) is 0 Å². The Morgan fingerprint density at radius 2 is 1.51 bits per heavy atom. The van der Waals surface area contributed by atoms with Crippen LogP contribution in [0.2, 0.25) is 15.1 Å². The average Bonchev–Trinajstić information content (AvgIpc) is 3.26. The van der Waals surface area contributed by atoms with Gasteiger partial charge in [0.25, 0.3) is 5.91 Å². The zero-order chi connectivity index (χ0) is 26.1. The number of amides is 1. The van der Waals surface area contributed by atoms with Crippen LogP contribution < -0.4 is 5.43 Å². The first-order chi connectivity index (χ1) is 16.2. The number of carbonyl (C=O) groups is 1. The number of hydrogen-bond acceptors (Lipinski definition) is 1. The number of halogens is 10. The minimum absolute atomic E-state index is 0.0882. The molecule has 1 N–H and O–H groups in total. The molecule has 1 amide bonds. The second-order valence-electron chi connectivity index (χ2n) is 7.12. The maximum atomic E-state index is 14.9. The summed E-state index contributed by atoms with van der Waals surface area (Å²) in [6.45, 7) is 0. The van der Waals surface area contributed by atoms with E-state index in [-0.39, 0.29) is 27.2 Å². The van der Waals surface area contributed by atoms with E-state index in [0.717, 1.165) is 22.9 Å². The summed E-state index contributed by atoms with van der Waals surface area (Å²) in [4.78, 5) is 12.3. The van der Waals surface area contributed by atoms with Crippen molar-refractivity contribution in [1.82, 2.24) is 4.68 Å². The van der Waals surface area contributed by atoms with Gasteiger partial charge >= 0.3 is 12.4 Å². The zero-order valence-corrected chi connectivity index (χ0v) is 19.3. The van der Waals surface area contributed by atoms with E-state index in [4.69, 9.17) is 34.8 Å². The zero-order valence-electron chi connectivity index (χ0n) is 17.0. The fourth-order valence-corrected chi connectivity index (χ4v) is 3.70. The molecule has 3 rings (SSSR count). The van der Waals surface area contributed by atoms with Crippen LogP contribution >= 0.6 is 34.8 Å². The van der Waals surface area contributed by atoms with E-state index in [2.05, 4.69) is 5.43 Å². The summed E-state index contributed by atoms with van der Waals surface area (Å²) in [5.41, 5.74) is -1.62. The molecule has 0 radical (unpaired) electrons. The summed E-state index contributed by atoms with van der Waals surface area (Å²) in [5.74, 6) is -5.39. The molecule has 2 aromatic carbocycles. The Balaban J connectivity index is 2.05. The van der Waals surface area contributed by atoms with Gasteiger partial charge in [0, 0.05) is 18.0 Å². The molecule has 1 unspecified atom stereocenters. The van der Waals surface area contributed by atoms with E-state index in [9.17, 15) is 35.5 Å². The summed E-state index contributed by atoms with van der Waals surface area (Å²) >= 11 is 17.3. The lowest BCUT2D eigenvalue weighted by atomic mass is 9.95. The van der Waals surface area contributed by atoms with Crippen molar-refractivity contribution >= 4 is 46.5 Å². The molecule has 0 fully saturated rings. The Hall–Kier alpha value is -2.69. The number of hydrogen-bond donors (Lipinski definition) is 1. The lowest BCUT2D eigenvalue weighted by Gasteiger charge is -2.19. The Morgan fingerprint density at radius 3 is 2.03 bits per heavy atom. The molecule has 0 bridgehead atoms. The molecule has 1 heterocycles. The molecule has 35 heavy (non-hydrogen) atoms. The Morgan fingerprint density at radius 1 is 0.943 bits per heavy atom. The molecule has 3 nitrogen and oxygen atoms in total. The van der Waals surface area contributed by atoms with Crippen molar-refractivity contribution in [3.63, 3.8) is 0 Å². The molecule has 13 heteroatoms. The van der Waals surface area contributed by atoms with Gasteiger partial charge in [-0.3, -0.25) is 14.9 Å². The van der Waals surface area contributed by atoms with Crippen LogP contribution in [0.4, 0.5) is 30.7 Å². The quantitative estimate of drug-likeness (QED) is 0.247. The number of rotatable bonds is 5. The third kappa shape index (κ3) is 6.31. The Labute approximate surface area is 208 Å². The van der Waals surface area contributed by atoms with E-state index in [0.29, 0.717) is 6.07 Å². The molecule has 0 saturated carbocycles. The van der Waals surface area contributed by atoms with Gasteiger partial charge in [-0.1, -0.05) is 40.9 Å². The SMILES string of the molecule is O=C(Nn1cccc1)c1ccc(C(F)=CC(c2cc(Cl)c(Cl)c(Cl)c2)C(F)(F)F)cc1C(F)(F)F. The average molecular weight is 560 g/mol. The number of nitrogens with one attached hydrogen (secondary N) is 1. The van der Waals surface area contributed by atoms with Crippen molar-refractivity contribution in [2.24, 2.45) is 0 Å². The van der Waals surface area contributed by atoms with Crippen molar-refractivity contribution < 1.29 is 35.5 Å². The molecule has 1 atom stereocenters. The van der Waals surface area contributed by atoms with Crippen molar-refractivity contribution in [2.45, 2.75) is 18.3 Å². The highest BCUT2D eigenvalue weighted by molar-refractivity contribution is 6.48.